The van der Waals surface area contributed by atoms with Gasteiger partial charge in [0.25, 0.3) is 0 Å². The molecule has 20 heavy (non-hydrogen) atoms. The van der Waals surface area contributed by atoms with Crippen LogP contribution in [0.1, 0.15) is 31.4 Å². The van der Waals surface area contributed by atoms with Gasteiger partial charge in [-0.1, -0.05) is 11.3 Å². The summed E-state index contributed by atoms with van der Waals surface area (Å²) in [5.41, 5.74) is 0.180. The lowest BCUT2D eigenvalue weighted by atomic mass is 10.1. The molecule has 0 aliphatic heterocycles. The number of aliphatic carboxylic acids is 1. The highest BCUT2D eigenvalue weighted by Crippen LogP contribution is 2.45. The van der Waals surface area contributed by atoms with Gasteiger partial charge < -0.3 is 15.0 Å². The highest BCUT2D eigenvalue weighted by atomic mass is 32.1. The molecule has 0 saturated heterocycles. The summed E-state index contributed by atoms with van der Waals surface area (Å²) in [7, 11) is 0. The summed E-state index contributed by atoms with van der Waals surface area (Å²) >= 11 is 1.16. The van der Waals surface area contributed by atoms with E-state index in [9.17, 15) is 14.4 Å². The van der Waals surface area contributed by atoms with Crippen molar-refractivity contribution in [3.63, 3.8) is 0 Å². The van der Waals surface area contributed by atoms with Crippen molar-refractivity contribution in [3.05, 3.63) is 20.7 Å². The van der Waals surface area contributed by atoms with Crippen molar-refractivity contribution < 1.29 is 14.7 Å². The molecule has 1 aromatic rings. The summed E-state index contributed by atoms with van der Waals surface area (Å²) in [5, 5.41) is 13.5. The number of rotatable bonds is 7. The molecule has 110 valence electrons. The zero-order chi connectivity index (χ0) is 14.8. The number of carboxylic acid groups (broad SMARTS) is 1. The first kappa shape index (κ1) is 14.8. The number of hydrogen-bond acceptors (Lipinski definition) is 4. The molecule has 2 N–H and O–H groups in total. The highest BCUT2D eigenvalue weighted by Gasteiger charge is 2.50. The Balaban J connectivity index is 1.71. The molecule has 2 rings (SSSR count). The van der Waals surface area contributed by atoms with E-state index in [-0.39, 0.29) is 17.3 Å². The topological polar surface area (TPSA) is 88.4 Å². The number of hydrogen-bond donors (Lipinski definition) is 2. The van der Waals surface area contributed by atoms with Crippen molar-refractivity contribution in [1.29, 1.82) is 0 Å². The van der Waals surface area contributed by atoms with Crippen LogP contribution in [-0.4, -0.2) is 28.1 Å². The van der Waals surface area contributed by atoms with Crippen molar-refractivity contribution in [2.75, 3.05) is 6.54 Å². The van der Waals surface area contributed by atoms with Crippen LogP contribution in [0.25, 0.3) is 0 Å². The van der Waals surface area contributed by atoms with Crippen LogP contribution in [0, 0.1) is 12.3 Å². The van der Waals surface area contributed by atoms with Gasteiger partial charge in [-0.15, -0.1) is 0 Å². The van der Waals surface area contributed by atoms with Gasteiger partial charge in [0, 0.05) is 30.6 Å². The number of aromatic nitrogens is 1. The molecule has 0 spiro atoms. The number of amides is 1. The average Bonchev–Trinajstić information content (AvgIpc) is 3.13. The number of carboxylic acids is 1. The van der Waals surface area contributed by atoms with Crippen LogP contribution in [0.3, 0.4) is 0 Å². The van der Waals surface area contributed by atoms with Crippen LogP contribution in [0.2, 0.25) is 0 Å². The zero-order valence-corrected chi connectivity index (χ0v) is 12.2. The Kier molecular flexibility index (Phi) is 4.27. The van der Waals surface area contributed by atoms with Gasteiger partial charge in [-0.05, 0) is 26.2 Å². The van der Waals surface area contributed by atoms with Crippen LogP contribution >= 0.6 is 11.3 Å². The second kappa shape index (κ2) is 5.78. The summed E-state index contributed by atoms with van der Waals surface area (Å²) in [6, 6.07) is 0. The maximum atomic E-state index is 11.6. The van der Waals surface area contributed by atoms with Gasteiger partial charge in [0.2, 0.25) is 5.91 Å². The van der Waals surface area contributed by atoms with E-state index in [0.29, 0.717) is 32.2 Å². The summed E-state index contributed by atoms with van der Waals surface area (Å²) in [5.74, 6) is -0.989. The molecule has 0 aromatic carbocycles. The van der Waals surface area contributed by atoms with Gasteiger partial charge in [0.1, 0.15) is 0 Å². The predicted molar refractivity (Wildman–Crippen MR) is 74.9 cm³/mol. The number of thiazole rings is 1. The van der Waals surface area contributed by atoms with Gasteiger partial charge in [-0.3, -0.25) is 14.4 Å². The Morgan fingerprint density at radius 1 is 1.50 bits per heavy atom. The Morgan fingerprint density at radius 2 is 2.20 bits per heavy atom. The Bertz CT molecular complexity index is 571. The Morgan fingerprint density at radius 3 is 2.70 bits per heavy atom. The molecule has 1 aliphatic carbocycles. The molecule has 1 heterocycles. The number of aryl methyl sites for hydroxylation is 1. The first-order valence-corrected chi connectivity index (χ1v) is 7.48. The minimum atomic E-state index is -0.835. The second-order valence-electron chi connectivity index (χ2n) is 5.26. The first-order chi connectivity index (χ1) is 9.44. The highest BCUT2D eigenvalue weighted by molar-refractivity contribution is 7.07. The average molecular weight is 298 g/mol. The lowest BCUT2D eigenvalue weighted by Crippen LogP contribution is -2.34. The molecule has 7 heteroatoms. The minimum Gasteiger partial charge on any atom is -0.481 e. The fourth-order valence-corrected chi connectivity index (χ4v) is 2.81. The third-order valence-electron chi connectivity index (χ3n) is 3.69. The van der Waals surface area contributed by atoms with Crippen molar-refractivity contribution in [2.45, 2.75) is 39.2 Å². The summed E-state index contributed by atoms with van der Waals surface area (Å²) in [6.07, 6.45) is 2.14. The zero-order valence-electron chi connectivity index (χ0n) is 11.3. The number of carbonyl (C=O) groups is 2. The maximum absolute atomic E-state index is 11.6. The van der Waals surface area contributed by atoms with E-state index >= 15 is 0 Å². The second-order valence-corrected chi connectivity index (χ2v) is 6.08. The van der Waals surface area contributed by atoms with Crippen LogP contribution in [0.4, 0.5) is 0 Å². The van der Waals surface area contributed by atoms with Crippen molar-refractivity contribution >= 4 is 23.2 Å². The van der Waals surface area contributed by atoms with E-state index in [1.54, 1.807) is 9.95 Å². The molecule has 1 amide bonds. The Labute approximate surface area is 120 Å². The van der Waals surface area contributed by atoms with Crippen LogP contribution in [0.5, 0.6) is 0 Å². The van der Waals surface area contributed by atoms with E-state index in [1.807, 2.05) is 6.92 Å². The molecule has 0 bridgehead atoms. The van der Waals surface area contributed by atoms with Gasteiger partial charge in [0.05, 0.1) is 5.41 Å². The SMILES string of the molecule is Cc1csc(=O)n1CCCC(=O)NCC1(C(=O)O)CC1. The normalized spacial score (nSPS) is 15.8. The molecular formula is C13H18N2O4S. The Hall–Kier alpha value is -1.63. The molecule has 0 radical (unpaired) electrons. The van der Waals surface area contributed by atoms with Crippen LogP contribution < -0.4 is 10.2 Å². The van der Waals surface area contributed by atoms with Crippen molar-refractivity contribution in [1.82, 2.24) is 9.88 Å². The summed E-state index contributed by atoms with van der Waals surface area (Å²) in [4.78, 5) is 34.1. The first-order valence-electron chi connectivity index (χ1n) is 6.60. The number of carbonyl (C=O) groups excluding carboxylic acids is 1. The summed E-state index contributed by atoms with van der Waals surface area (Å²) in [6.45, 7) is 2.59. The standard InChI is InChI=1S/C13H18N2O4S/c1-9-7-20-12(19)15(9)6-2-3-10(16)14-8-13(4-5-13)11(17)18/h7H,2-6,8H2,1H3,(H,14,16)(H,17,18). The third-order valence-corrected chi connectivity index (χ3v) is 4.57. The van der Waals surface area contributed by atoms with Gasteiger partial charge in [0.15, 0.2) is 0 Å². The van der Waals surface area contributed by atoms with E-state index < -0.39 is 11.4 Å². The number of nitrogens with one attached hydrogen (secondary N) is 1. The van der Waals surface area contributed by atoms with E-state index in [0.717, 1.165) is 17.0 Å². The smallest absolute Gasteiger partial charge is 0.311 e. The molecule has 1 aromatic heterocycles. The van der Waals surface area contributed by atoms with Gasteiger partial charge >= 0.3 is 10.8 Å². The molecule has 0 unspecified atom stereocenters. The molecule has 1 fully saturated rings. The fraction of sp³-hybridized carbons (Fsp3) is 0.615. The van der Waals surface area contributed by atoms with Crippen LogP contribution in [-0.2, 0) is 16.1 Å². The third kappa shape index (κ3) is 3.27. The van der Waals surface area contributed by atoms with Crippen molar-refractivity contribution in [2.24, 2.45) is 5.41 Å². The molecule has 1 saturated carbocycles. The molecular weight excluding hydrogens is 280 g/mol. The van der Waals surface area contributed by atoms with Crippen molar-refractivity contribution in [3.8, 4) is 0 Å². The molecule has 6 nitrogen and oxygen atoms in total. The number of nitrogens with zero attached hydrogens (tertiary/aromatic N) is 1. The van der Waals surface area contributed by atoms with Gasteiger partial charge in [-0.2, -0.15) is 0 Å². The van der Waals surface area contributed by atoms with E-state index in [1.165, 1.54) is 0 Å². The van der Waals surface area contributed by atoms with E-state index in [4.69, 9.17) is 5.11 Å². The fourth-order valence-electron chi connectivity index (χ4n) is 2.05. The minimum absolute atomic E-state index is 0.00859. The summed E-state index contributed by atoms with van der Waals surface area (Å²) < 4.78 is 1.65. The lowest BCUT2D eigenvalue weighted by Gasteiger charge is -2.11. The van der Waals surface area contributed by atoms with Crippen LogP contribution in [0.15, 0.2) is 10.2 Å². The quantitative estimate of drug-likeness (QED) is 0.785. The van der Waals surface area contributed by atoms with Gasteiger partial charge in [-0.25, -0.2) is 0 Å². The monoisotopic (exact) mass is 298 g/mol. The molecule has 0 atom stereocenters. The molecule has 1 aliphatic rings. The lowest BCUT2D eigenvalue weighted by molar-refractivity contribution is -0.143. The maximum Gasteiger partial charge on any atom is 0.311 e. The largest absolute Gasteiger partial charge is 0.481 e. The van der Waals surface area contributed by atoms with E-state index in [2.05, 4.69) is 5.32 Å². The predicted octanol–water partition coefficient (Wildman–Crippen LogP) is 0.979.